The van der Waals surface area contributed by atoms with Crippen LogP contribution in [0.15, 0.2) is 54.6 Å². The highest BCUT2D eigenvalue weighted by Crippen LogP contribution is 2.41. The van der Waals surface area contributed by atoms with Crippen LogP contribution in [0.2, 0.25) is 0 Å². The minimum Gasteiger partial charge on any atom is -0.439 e. The molecule has 3 heterocycles. The van der Waals surface area contributed by atoms with Crippen LogP contribution in [0.4, 0.5) is 14.9 Å². The fourth-order valence-corrected chi connectivity index (χ4v) is 5.23. The summed E-state index contributed by atoms with van der Waals surface area (Å²) in [6, 6.07) is 16.1. The largest absolute Gasteiger partial charge is 0.439 e. The second-order valence-corrected chi connectivity index (χ2v) is 9.11. The molecule has 0 radical (unpaired) electrons. The average Bonchev–Trinajstić information content (AvgIpc) is 3.38. The van der Waals surface area contributed by atoms with Crippen LogP contribution in [0.3, 0.4) is 0 Å². The standard InChI is InChI=1S/C25H27FN2O4/c26-21-9-5-4-6-19(21)16-24(11-14-31-15-12-24)22(29)27-13-10-25(17-27)18-28(23(30)32-25)20-7-2-1-3-8-20/h1-9H,10-18H2. The van der Waals surface area contributed by atoms with Gasteiger partial charge in [0.15, 0.2) is 5.60 Å². The maximum absolute atomic E-state index is 14.4. The molecule has 0 bridgehead atoms. The highest BCUT2D eigenvalue weighted by molar-refractivity contribution is 5.91. The Morgan fingerprint density at radius 2 is 1.69 bits per heavy atom. The number of para-hydroxylation sites is 1. The molecule has 1 spiro atoms. The van der Waals surface area contributed by atoms with Crippen LogP contribution in [0.1, 0.15) is 24.8 Å². The molecule has 3 aliphatic rings. The molecule has 2 aromatic carbocycles. The van der Waals surface area contributed by atoms with Crippen LogP contribution in [0.5, 0.6) is 0 Å². The van der Waals surface area contributed by atoms with Crippen molar-refractivity contribution in [3.05, 3.63) is 66.0 Å². The summed E-state index contributed by atoms with van der Waals surface area (Å²) in [4.78, 5) is 29.9. The van der Waals surface area contributed by atoms with Crippen LogP contribution < -0.4 is 4.90 Å². The van der Waals surface area contributed by atoms with E-state index >= 15 is 0 Å². The van der Waals surface area contributed by atoms with Crippen LogP contribution in [-0.2, 0) is 20.7 Å². The third-order valence-electron chi connectivity index (χ3n) is 7.03. The highest BCUT2D eigenvalue weighted by atomic mass is 19.1. The number of carbonyl (C=O) groups excluding carboxylic acids is 2. The molecule has 1 atom stereocenters. The lowest BCUT2D eigenvalue weighted by atomic mass is 9.74. The first-order valence-electron chi connectivity index (χ1n) is 11.2. The molecule has 2 aromatic rings. The van der Waals surface area contributed by atoms with Crippen molar-refractivity contribution in [3.8, 4) is 0 Å². The van der Waals surface area contributed by atoms with Gasteiger partial charge in [-0.05, 0) is 43.0 Å². The van der Waals surface area contributed by atoms with Crippen molar-refractivity contribution in [2.45, 2.75) is 31.3 Å². The zero-order chi connectivity index (χ0) is 22.2. The lowest BCUT2D eigenvalue weighted by Gasteiger charge is -2.39. The van der Waals surface area contributed by atoms with Crippen molar-refractivity contribution < 1.29 is 23.5 Å². The smallest absolute Gasteiger partial charge is 0.415 e. The maximum Gasteiger partial charge on any atom is 0.415 e. The predicted octanol–water partition coefficient (Wildman–Crippen LogP) is 3.79. The van der Waals surface area contributed by atoms with E-state index in [1.54, 1.807) is 23.1 Å². The summed E-state index contributed by atoms with van der Waals surface area (Å²) >= 11 is 0. The van der Waals surface area contributed by atoms with E-state index in [4.69, 9.17) is 9.47 Å². The Kier molecular flexibility index (Phi) is 5.37. The molecule has 0 aromatic heterocycles. The molecule has 6 nitrogen and oxygen atoms in total. The molecule has 32 heavy (non-hydrogen) atoms. The monoisotopic (exact) mass is 438 g/mol. The van der Waals surface area contributed by atoms with E-state index in [0.29, 0.717) is 64.1 Å². The van der Waals surface area contributed by atoms with Gasteiger partial charge >= 0.3 is 6.09 Å². The van der Waals surface area contributed by atoms with E-state index in [-0.39, 0.29) is 17.8 Å². The molecule has 0 N–H and O–H groups in total. The van der Waals surface area contributed by atoms with E-state index < -0.39 is 11.0 Å². The average molecular weight is 438 g/mol. The van der Waals surface area contributed by atoms with Crippen molar-refractivity contribution in [1.82, 2.24) is 4.90 Å². The van der Waals surface area contributed by atoms with Gasteiger partial charge in [-0.15, -0.1) is 0 Å². The first kappa shape index (κ1) is 20.9. The molecule has 7 heteroatoms. The van der Waals surface area contributed by atoms with Crippen LogP contribution in [-0.4, -0.2) is 55.3 Å². The van der Waals surface area contributed by atoms with Crippen LogP contribution in [0, 0.1) is 11.2 Å². The number of amides is 2. The van der Waals surface area contributed by atoms with Crippen molar-refractivity contribution in [2.24, 2.45) is 5.41 Å². The quantitative estimate of drug-likeness (QED) is 0.729. The number of nitrogens with zero attached hydrogens (tertiary/aromatic N) is 2. The summed E-state index contributed by atoms with van der Waals surface area (Å²) in [5.41, 5.74) is -0.0560. The lowest BCUT2D eigenvalue weighted by molar-refractivity contribution is -0.147. The molecule has 3 fully saturated rings. The van der Waals surface area contributed by atoms with Crippen molar-refractivity contribution >= 4 is 17.7 Å². The lowest BCUT2D eigenvalue weighted by Crippen LogP contribution is -2.49. The van der Waals surface area contributed by atoms with Gasteiger partial charge in [0.05, 0.1) is 18.5 Å². The predicted molar refractivity (Wildman–Crippen MR) is 117 cm³/mol. The van der Waals surface area contributed by atoms with Gasteiger partial charge in [0.2, 0.25) is 5.91 Å². The molecule has 168 valence electrons. The third kappa shape index (κ3) is 3.75. The normalized spacial score (nSPS) is 24.7. The maximum atomic E-state index is 14.4. The van der Waals surface area contributed by atoms with Gasteiger partial charge in [0, 0.05) is 31.9 Å². The Labute approximate surface area is 186 Å². The summed E-state index contributed by atoms with van der Waals surface area (Å²) in [5, 5.41) is 0. The first-order valence-corrected chi connectivity index (χ1v) is 11.2. The molecule has 0 aliphatic carbocycles. The Morgan fingerprint density at radius 1 is 0.969 bits per heavy atom. The number of likely N-dealkylation sites (tertiary alicyclic amines) is 1. The molecule has 5 rings (SSSR count). The highest BCUT2D eigenvalue weighted by Gasteiger charge is 2.53. The number of rotatable bonds is 4. The first-order chi connectivity index (χ1) is 15.5. The van der Waals surface area contributed by atoms with E-state index in [1.165, 1.54) is 6.07 Å². The second kappa shape index (κ2) is 8.20. The number of hydrogen-bond acceptors (Lipinski definition) is 4. The zero-order valence-corrected chi connectivity index (χ0v) is 18.0. The summed E-state index contributed by atoms with van der Waals surface area (Å²) < 4.78 is 25.8. The van der Waals surface area contributed by atoms with Gasteiger partial charge < -0.3 is 14.4 Å². The van der Waals surface area contributed by atoms with Crippen molar-refractivity contribution in [3.63, 3.8) is 0 Å². The SMILES string of the molecule is O=C1OC2(CCN(C(=O)C3(Cc4ccccc4F)CCOCC3)C2)CN1c1ccccc1. The van der Waals surface area contributed by atoms with Crippen molar-refractivity contribution in [1.29, 1.82) is 0 Å². The topological polar surface area (TPSA) is 59.1 Å². The molecule has 0 saturated carbocycles. The molecule has 3 saturated heterocycles. The van der Waals surface area contributed by atoms with E-state index in [0.717, 1.165) is 5.69 Å². The van der Waals surface area contributed by atoms with Crippen molar-refractivity contribution in [2.75, 3.05) is 37.7 Å². The number of benzene rings is 2. The summed E-state index contributed by atoms with van der Waals surface area (Å²) in [6.45, 7) is 2.27. The fraction of sp³-hybridized carbons (Fsp3) is 0.440. The number of carbonyl (C=O) groups is 2. The van der Waals surface area contributed by atoms with Gasteiger partial charge in [-0.25, -0.2) is 9.18 Å². The van der Waals surface area contributed by atoms with Crippen LogP contribution >= 0.6 is 0 Å². The fourth-order valence-electron chi connectivity index (χ4n) is 5.23. The number of hydrogen-bond donors (Lipinski definition) is 0. The molecule has 2 amide bonds. The summed E-state index contributed by atoms with van der Waals surface area (Å²) in [7, 11) is 0. The Hall–Kier alpha value is -2.93. The van der Waals surface area contributed by atoms with Gasteiger partial charge in [-0.3, -0.25) is 9.69 Å². The molecule has 3 aliphatic heterocycles. The summed E-state index contributed by atoms with van der Waals surface area (Å²) in [5.74, 6) is -0.276. The molecular formula is C25H27FN2O4. The van der Waals surface area contributed by atoms with E-state index in [9.17, 15) is 14.0 Å². The van der Waals surface area contributed by atoms with Gasteiger partial charge in [-0.2, -0.15) is 0 Å². The second-order valence-electron chi connectivity index (χ2n) is 9.11. The minimum atomic E-state index is -0.701. The minimum absolute atomic E-state index is 0.00939. The Balaban J connectivity index is 1.35. The van der Waals surface area contributed by atoms with E-state index in [1.807, 2.05) is 35.2 Å². The van der Waals surface area contributed by atoms with Gasteiger partial charge in [0.1, 0.15) is 5.82 Å². The number of anilines is 1. The van der Waals surface area contributed by atoms with E-state index in [2.05, 4.69) is 0 Å². The summed E-state index contributed by atoms with van der Waals surface area (Å²) in [6.07, 6.45) is 1.68. The number of ether oxygens (including phenoxy) is 2. The Bertz CT molecular complexity index is 1010. The number of halogens is 1. The zero-order valence-electron chi connectivity index (χ0n) is 18.0. The van der Waals surface area contributed by atoms with Gasteiger partial charge in [0.25, 0.3) is 0 Å². The van der Waals surface area contributed by atoms with Crippen LogP contribution in [0.25, 0.3) is 0 Å². The molecule has 1 unspecified atom stereocenters. The third-order valence-corrected chi connectivity index (χ3v) is 7.03. The van der Waals surface area contributed by atoms with Gasteiger partial charge in [-0.1, -0.05) is 36.4 Å². The Morgan fingerprint density at radius 3 is 2.44 bits per heavy atom. The molecular weight excluding hydrogens is 411 g/mol.